The number of halogens is 1. The third kappa shape index (κ3) is 3.78. The van der Waals surface area contributed by atoms with Crippen LogP contribution in [0.1, 0.15) is 25.0 Å². The van der Waals surface area contributed by atoms with E-state index in [0.29, 0.717) is 30.2 Å². The van der Waals surface area contributed by atoms with Gasteiger partial charge in [0.1, 0.15) is 17.9 Å². The number of hydrogen-bond donors (Lipinski definition) is 1. The largest absolute Gasteiger partial charge is 0.454 e. The minimum atomic E-state index is -1.36. The maximum atomic E-state index is 13.3. The van der Waals surface area contributed by atoms with Crippen molar-refractivity contribution in [3.05, 3.63) is 59.4 Å². The summed E-state index contributed by atoms with van der Waals surface area (Å²) in [6.45, 7) is 3.82. The highest BCUT2D eigenvalue weighted by molar-refractivity contribution is 6.09. The fourth-order valence-corrected chi connectivity index (χ4v) is 3.69. The molecular weight excluding hydrogens is 405 g/mol. The number of urea groups is 1. The molecular formula is C22H22FN3O5. The number of amides is 4. The lowest BCUT2D eigenvalue weighted by Crippen LogP contribution is -2.44. The predicted octanol–water partition coefficient (Wildman–Crippen LogP) is 2.37. The van der Waals surface area contributed by atoms with E-state index in [2.05, 4.69) is 5.32 Å². The van der Waals surface area contributed by atoms with E-state index in [9.17, 15) is 18.8 Å². The van der Waals surface area contributed by atoms with Crippen molar-refractivity contribution >= 4 is 17.8 Å². The molecule has 1 N–H and O–H groups in total. The highest BCUT2D eigenvalue weighted by Gasteiger charge is 2.49. The lowest BCUT2D eigenvalue weighted by Gasteiger charge is -2.25. The van der Waals surface area contributed by atoms with Crippen LogP contribution in [0.5, 0.6) is 11.5 Å². The van der Waals surface area contributed by atoms with E-state index >= 15 is 0 Å². The number of ether oxygens (including phenoxy) is 2. The van der Waals surface area contributed by atoms with Crippen LogP contribution in [0.25, 0.3) is 0 Å². The van der Waals surface area contributed by atoms with Crippen LogP contribution >= 0.6 is 0 Å². The van der Waals surface area contributed by atoms with Gasteiger partial charge < -0.3 is 19.7 Å². The van der Waals surface area contributed by atoms with E-state index in [0.717, 1.165) is 10.5 Å². The average molecular weight is 427 g/mol. The average Bonchev–Trinajstić information content (AvgIpc) is 3.30. The van der Waals surface area contributed by atoms with Gasteiger partial charge in [0, 0.05) is 13.1 Å². The van der Waals surface area contributed by atoms with Gasteiger partial charge in [-0.25, -0.2) is 9.18 Å². The Morgan fingerprint density at radius 1 is 1.16 bits per heavy atom. The molecule has 8 nitrogen and oxygen atoms in total. The van der Waals surface area contributed by atoms with E-state index in [4.69, 9.17) is 9.47 Å². The quantitative estimate of drug-likeness (QED) is 0.715. The molecule has 1 fully saturated rings. The van der Waals surface area contributed by atoms with Gasteiger partial charge in [-0.1, -0.05) is 18.2 Å². The summed E-state index contributed by atoms with van der Waals surface area (Å²) in [5.74, 6) is -0.107. The summed E-state index contributed by atoms with van der Waals surface area (Å²) in [5.41, 5.74) is -0.0814. The van der Waals surface area contributed by atoms with Crippen LogP contribution in [0.4, 0.5) is 9.18 Å². The second kappa shape index (κ2) is 7.90. The zero-order chi connectivity index (χ0) is 22.2. The Morgan fingerprint density at radius 3 is 2.58 bits per heavy atom. The molecule has 0 spiro atoms. The van der Waals surface area contributed by atoms with Gasteiger partial charge >= 0.3 is 6.03 Å². The molecule has 2 aliphatic rings. The molecule has 9 heteroatoms. The highest BCUT2D eigenvalue weighted by atomic mass is 19.1. The highest BCUT2D eigenvalue weighted by Crippen LogP contribution is 2.33. The number of carbonyl (C=O) groups excluding carboxylic acids is 3. The molecule has 4 rings (SSSR count). The molecule has 0 bridgehead atoms. The Balaban J connectivity index is 1.47. The first-order valence-electron chi connectivity index (χ1n) is 9.88. The van der Waals surface area contributed by atoms with E-state index in [1.165, 1.54) is 31.2 Å². The first kappa shape index (κ1) is 20.6. The van der Waals surface area contributed by atoms with Crippen molar-refractivity contribution in [2.75, 3.05) is 19.9 Å². The van der Waals surface area contributed by atoms with Gasteiger partial charge in [-0.15, -0.1) is 0 Å². The Bertz CT molecular complexity index is 1040. The number of rotatable bonds is 6. The Kier molecular flexibility index (Phi) is 5.26. The number of nitrogens with one attached hydrogen (secondary N) is 1. The third-order valence-corrected chi connectivity index (χ3v) is 5.53. The molecule has 1 unspecified atom stereocenters. The van der Waals surface area contributed by atoms with E-state index in [1.54, 1.807) is 17.0 Å². The second-order valence-corrected chi connectivity index (χ2v) is 7.55. The number of benzene rings is 2. The number of fused-ring (bicyclic) bond motifs is 1. The monoisotopic (exact) mass is 427 g/mol. The van der Waals surface area contributed by atoms with Crippen LogP contribution in [0, 0.1) is 5.82 Å². The van der Waals surface area contributed by atoms with Crippen LogP contribution in [-0.4, -0.2) is 47.5 Å². The predicted molar refractivity (Wildman–Crippen MR) is 108 cm³/mol. The van der Waals surface area contributed by atoms with Crippen molar-refractivity contribution in [2.24, 2.45) is 0 Å². The van der Waals surface area contributed by atoms with Crippen molar-refractivity contribution < 1.29 is 28.2 Å². The van der Waals surface area contributed by atoms with Crippen LogP contribution in [0.3, 0.4) is 0 Å². The minimum absolute atomic E-state index is 0.161. The van der Waals surface area contributed by atoms with Gasteiger partial charge in [-0.2, -0.15) is 0 Å². The molecule has 31 heavy (non-hydrogen) atoms. The summed E-state index contributed by atoms with van der Waals surface area (Å²) >= 11 is 0. The van der Waals surface area contributed by atoms with Crippen LogP contribution in [0.15, 0.2) is 42.5 Å². The number of nitrogens with zero attached hydrogens (tertiary/aromatic N) is 2. The van der Waals surface area contributed by atoms with Gasteiger partial charge in [0.05, 0.1) is 0 Å². The minimum Gasteiger partial charge on any atom is -0.454 e. The molecule has 0 aromatic heterocycles. The van der Waals surface area contributed by atoms with Crippen molar-refractivity contribution in [3.63, 3.8) is 0 Å². The summed E-state index contributed by atoms with van der Waals surface area (Å²) < 4.78 is 23.9. The topological polar surface area (TPSA) is 88.2 Å². The number of hydrogen-bond acceptors (Lipinski definition) is 5. The molecule has 2 aromatic rings. The van der Waals surface area contributed by atoms with E-state index < -0.39 is 23.3 Å². The normalized spacial score (nSPS) is 19.5. The Morgan fingerprint density at radius 2 is 1.87 bits per heavy atom. The van der Waals surface area contributed by atoms with Crippen molar-refractivity contribution in [2.45, 2.75) is 25.9 Å². The molecule has 1 atom stereocenters. The van der Waals surface area contributed by atoms with Crippen LogP contribution < -0.4 is 14.8 Å². The standard InChI is InChI=1S/C22H22FN3O5/c1-3-25(11-14-4-9-17-18(10-14)31-13-30-17)19(27)12-26-20(28)22(2,24-21(26)29)15-5-7-16(23)8-6-15/h4-10H,3,11-13H2,1-2H3,(H,24,29). The molecule has 2 aromatic carbocycles. The zero-order valence-corrected chi connectivity index (χ0v) is 17.2. The third-order valence-electron chi connectivity index (χ3n) is 5.53. The molecule has 0 aliphatic carbocycles. The maximum Gasteiger partial charge on any atom is 0.325 e. The first-order valence-corrected chi connectivity index (χ1v) is 9.88. The summed E-state index contributed by atoms with van der Waals surface area (Å²) in [7, 11) is 0. The molecule has 162 valence electrons. The lowest BCUT2D eigenvalue weighted by molar-refractivity contribution is -0.139. The Hall–Kier alpha value is -3.62. The zero-order valence-electron chi connectivity index (χ0n) is 17.2. The van der Waals surface area contributed by atoms with E-state index in [-0.39, 0.29) is 19.2 Å². The lowest BCUT2D eigenvalue weighted by atomic mass is 9.92. The van der Waals surface area contributed by atoms with Crippen LogP contribution in [0.2, 0.25) is 0 Å². The first-order chi connectivity index (χ1) is 14.8. The number of likely N-dealkylation sites (N-methyl/N-ethyl adjacent to an activating group) is 1. The Labute approximate surface area is 178 Å². The summed E-state index contributed by atoms with van der Waals surface area (Å²) in [5, 5.41) is 2.62. The van der Waals surface area contributed by atoms with Gasteiger partial charge in [-0.3, -0.25) is 14.5 Å². The summed E-state index contributed by atoms with van der Waals surface area (Å²) in [4.78, 5) is 40.8. The molecule has 0 saturated carbocycles. The summed E-state index contributed by atoms with van der Waals surface area (Å²) in [6, 6.07) is 10.1. The number of carbonyl (C=O) groups is 3. The smallest absolute Gasteiger partial charge is 0.325 e. The molecule has 1 saturated heterocycles. The summed E-state index contributed by atoms with van der Waals surface area (Å²) in [6.07, 6.45) is 0. The van der Waals surface area contributed by atoms with Gasteiger partial charge in [0.25, 0.3) is 5.91 Å². The number of imide groups is 1. The molecule has 2 heterocycles. The van der Waals surface area contributed by atoms with Crippen molar-refractivity contribution in [1.29, 1.82) is 0 Å². The van der Waals surface area contributed by atoms with Crippen LogP contribution in [-0.2, 0) is 21.7 Å². The second-order valence-electron chi connectivity index (χ2n) is 7.55. The maximum absolute atomic E-state index is 13.3. The van der Waals surface area contributed by atoms with Crippen molar-refractivity contribution in [3.8, 4) is 11.5 Å². The van der Waals surface area contributed by atoms with Gasteiger partial charge in [-0.05, 0) is 49.2 Å². The molecule has 2 aliphatic heterocycles. The SMILES string of the molecule is CCN(Cc1ccc2c(c1)OCO2)C(=O)CN1C(=O)NC(C)(c2ccc(F)cc2)C1=O. The fourth-order valence-electron chi connectivity index (χ4n) is 3.69. The van der Waals surface area contributed by atoms with Crippen molar-refractivity contribution in [1.82, 2.24) is 15.1 Å². The van der Waals surface area contributed by atoms with Gasteiger partial charge in [0.15, 0.2) is 11.5 Å². The van der Waals surface area contributed by atoms with Gasteiger partial charge in [0.2, 0.25) is 12.7 Å². The molecule has 4 amide bonds. The van der Waals surface area contributed by atoms with E-state index in [1.807, 2.05) is 13.0 Å². The fraction of sp³-hybridized carbons (Fsp3) is 0.318. The molecule has 0 radical (unpaired) electrons.